The van der Waals surface area contributed by atoms with Crippen molar-refractivity contribution in [3.05, 3.63) is 30.9 Å². The Bertz CT molecular complexity index is 353. The van der Waals surface area contributed by atoms with Crippen LogP contribution in [0.25, 0.3) is 0 Å². The van der Waals surface area contributed by atoms with E-state index < -0.39 is 12.0 Å². The molecule has 1 nitrogen and oxygen atoms in total. The number of carbonyl (C=O) groups excluding carboxylic acids is 1. The Labute approximate surface area is 105 Å². The first-order valence-electron chi connectivity index (χ1n) is 3.39. The Morgan fingerprint density at radius 1 is 1.14 bits per heavy atom. The van der Waals surface area contributed by atoms with Gasteiger partial charge in [0, 0.05) is 7.14 Å². The van der Waals surface area contributed by atoms with E-state index >= 15 is 0 Å². The summed E-state index contributed by atoms with van der Waals surface area (Å²) in [6.07, 6.45) is -4.80. The average molecular weight is 426 g/mol. The molecule has 0 heterocycles. The molecule has 0 atom stereocenters. The quantitative estimate of drug-likeness (QED) is 0.496. The minimum Gasteiger partial charge on any atom is -0.284 e. The van der Waals surface area contributed by atoms with Gasteiger partial charge in [-0.05, 0) is 57.3 Å². The maximum Gasteiger partial charge on any atom is 0.454 e. The summed E-state index contributed by atoms with van der Waals surface area (Å²) in [5.41, 5.74) is -0.263. The van der Waals surface area contributed by atoms with Crippen molar-refractivity contribution in [2.24, 2.45) is 0 Å². The Hall–Kier alpha value is 0.140. The van der Waals surface area contributed by atoms with E-state index in [0.29, 0.717) is 7.14 Å². The summed E-state index contributed by atoms with van der Waals surface area (Å²) in [5.74, 6) is -1.79. The zero-order valence-electron chi connectivity index (χ0n) is 6.53. The van der Waals surface area contributed by atoms with Crippen LogP contribution in [0.1, 0.15) is 10.4 Å². The molecule has 0 aliphatic carbocycles. The number of rotatable bonds is 1. The lowest BCUT2D eigenvalue weighted by molar-refractivity contribution is -0.0886. The van der Waals surface area contributed by atoms with E-state index in [-0.39, 0.29) is 5.56 Å². The van der Waals surface area contributed by atoms with E-state index in [9.17, 15) is 18.0 Å². The minimum absolute atomic E-state index is 0.263. The second-order valence-electron chi connectivity index (χ2n) is 2.42. The monoisotopic (exact) mass is 426 g/mol. The lowest BCUT2D eigenvalue weighted by Crippen LogP contribution is -2.24. The molecule has 0 amide bonds. The third kappa shape index (κ3) is 2.59. The van der Waals surface area contributed by atoms with Crippen LogP contribution < -0.4 is 0 Å². The van der Waals surface area contributed by atoms with E-state index in [1.165, 1.54) is 12.1 Å². The van der Waals surface area contributed by atoms with Crippen LogP contribution in [-0.4, -0.2) is 12.0 Å². The number of alkyl halides is 3. The van der Waals surface area contributed by atoms with Gasteiger partial charge in [-0.3, -0.25) is 4.79 Å². The highest BCUT2D eigenvalue weighted by molar-refractivity contribution is 14.1. The average Bonchev–Trinajstić information content (AvgIpc) is 2.01. The molecule has 14 heavy (non-hydrogen) atoms. The van der Waals surface area contributed by atoms with E-state index in [1.807, 2.05) is 0 Å². The van der Waals surface area contributed by atoms with Gasteiger partial charge in [0.1, 0.15) is 0 Å². The summed E-state index contributed by atoms with van der Waals surface area (Å²) < 4.78 is 37.0. The first-order valence-corrected chi connectivity index (χ1v) is 5.55. The fourth-order valence-electron chi connectivity index (χ4n) is 0.856. The standard InChI is InChI=1S/C8H3F3I2O/c9-8(10,11)7(14)6-4(12)2-1-3-5(6)13/h1-3H. The van der Waals surface area contributed by atoms with Crippen LogP contribution in [0.15, 0.2) is 18.2 Å². The molecule has 1 aromatic rings. The van der Waals surface area contributed by atoms with Crippen molar-refractivity contribution in [3.63, 3.8) is 0 Å². The number of hydrogen-bond acceptors (Lipinski definition) is 1. The smallest absolute Gasteiger partial charge is 0.284 e. The highest BCUT2D eigenvalue weighted by Gasteiger charge is 2.41. The van der Waals surface area contributed by atoms with Crippen molar-refractivity contribution >= 4 is 51.0 Å². The van der Waals surface area contributed by atoms with Crippen LogP contribution >= 0.6 is 45.2 Å². The molecule has 0 saturated heterocycles. The van der Waals surface area contributed by atoms with Crippen LogP contribution in [0.5, 0.6) is 0 Å². The van der Waals surface area contributed by atoms with Crippen LogP contribution in [0.2, 0.25) is 0 Å². The molecular formula is C8H3F3I2O. The summed E-state index contributed by atoms with van der Waals surface area (Å²) in [4.78, 5) is 11.0. The van der Waals surface area contributed by atoms with Gasteiger partial charge in [0.25, 0.3) is 5.78 Å². The van der Waals surface area contributed by atoms with Gasteiger partial charge in [0.15, 0.2) is 0 Å². The second-order valence-corrected chi connectivity index (χ2v) is 4.75. The van der Waals surface area contributed by atoms with Gasteiger partial charge in [-0.25, -0.2) is 0 Å². The maximum absolute atomic E-state index is 12.1. The van der Waals surface area contributed by atoms with E-state index in [1.54, 1.807) is 51.2 Å². The van der Waals surface area contributed by atoms with Gasteiger partial charge in [0.2, 0.25) is 0 Å². The molecule has 1 rings (SSSR count). The first-order chi connectivity index (χ1) is 6.34. The van der Waals surface area contributed by atoms with E-state index in [0.717, 1.165) is 0 Å². The molecule has 1 aromatic carbocycles. The van der Waals surface area contributed by atoms with Gasteiger partial charge < -0.3 is 0 Å². The number of carbonyl (C=O) groups is 1. The van der Waals surface area contributed by atoms with Crippen LogP contribution in [-0.2, 0) is 0 Å². The number of benzene rings is 1. The molecule has 76 valence electrons. The summed E-state index contributed by atoms with van der Waals surface area (Å²) in [6, 6.07) is 4.56. The molecule has 0 radical (unpaired) electrons. The predicted molar refractivity (Wildman–Crippen MR) is 62.3 cm³/mol. The Balaban J connectivity index is 3.26. The molecule has 0 fully saturated rings. The Morgan fingerprint density at radius 2 is 1.57 bits per heavy atom. The number of hydrogen-bond donors (Lipinski definition) is 0. The molecule has 6 heteroatoms. The second kappa shape index (κ2) is 4.33. The summed E-state index contributed by atoms with van der Waals surface area (Å²) >= 11 is 3.43. The van der Waals surface area contributed by atoms with Crippen molar-refractivity contribution in [1.29, 1.82) is 0 Å². The fraction of sp³-hybridized carbons (Fsp3) is 0.125. The van der Waals surface area contributed by atoms with Crippen molar-refractivity contribution in [1.82, 2.24) is 0 Å². The zero-order chi connectivity index (χ0) is 10.9. The maximum atomic E-state index is 12.1. The normalized spacial score (nSPS) is 11.5. The number of halogens is 5. The first kappa shape index (κ1) is 12.2. The zero-order valence-corrected chi connectivity index (χ0v) is 10.8. The highest BCUT2D eigenvalue weighted by atomic mass is 127. The fourth-order valence-corrected chi connectivity index (χ4v) is 2.86. The van der Waals surface area contributed by atoms with Gasteiger partial charge in [-0.1, -0.05) is 6.07 Å². The molecule has 0 aliphatic heterocycles. The summed E-state index contributed by atoms with van der Waals surface area (Å²) in [5, 5.41) is 0. The molecule has 0 saturated carbocycles. The van der Waals surface area contributed by atoms with Crippen molar-refractivity contribution in [3.8, 4) is 0 Å². The third-order valence-electron chi connectivity index (χ3n) is 1.45. The molecule has 0 aliphatic rings. The number of Topliss-reactive ketones (excluding diaryl/α,β-unsaturated/α-hetero) is 1. The Morgan fingerprint density at radius 3 is 1.93 bits per heavy atom. The molecule has 0 unspecified atom stereocenters. The lowest BCUT2D eigenvalue weighted by Gasteiger charge is -2.08. The van der Waals surface area contributed by atoms with Gasteiger partial charge in [-0.2, -0.15) is 13.2 Å². The van der Waals surface area contributed by atoms with E-state index in [2.05, 4.69) is 0 Å². The van der Waals surface area contributed by atoms with Crippen LogP contribution in [0.3, 0.4) is 0 Å². The van der Waals surface area contributed by atoms with Gasteiger partial charge >= 0.3 is 6.18 Å². The minimum atomic E-state index is -4.80. The van der Waals surface area contributed by atoms with Gasteiger partial charge in [0.05, 0.1) is 5.56 Å². The molecule has 0 aromatic heterocycles. The van der Waals surface area contributed by atoms with Crippen LogP contribution in [0.4, 0.5) is 13.2 Å². The summed E-state index contributed by atoms with van der Waals surface area (Å²) in [6.45, 7) is 0. The molecular weight excluding hydrogens is 423 g/mol. The number of ketones is 1. The van der Waals surface area contributed by atoms with Crippen molar-refractivity contribution in [2.75, 3.05) is 0 Å². The topological polar surface area (TPSA) is 17.1 Å². The third-order valence-corrected chi connectivity index (χ3v) is 3.25. The lowest BCUT2D eigenvalue weighted by atomic mass is 10.1. The van der Waals surface area contributed by atoms with Gasteiger partial charge in [-0.15, -0.1) is 0 Å². The highest BCUT2D eigenvalue weighted by Crippen LogP contribution is 2.27. The molecule has 0 bridgehead atoms. The summed E-state index contributed by atoms with van der Waals surface area (Å²) in [7, 11) is 0. The Kier molecular flexibility index (Phi) is 3.78. The molecule has 0 spiro atoms. The van der Waals surface area contributed by atoms with Crippen molar-refractivity contribution in [2.45, 2.75) is 6.18 Å². The largest absolute Gasteiger partial charge is 0.454 e. The molecule has 0 N–H and O–H groups in total. The predicted octanol–water partition coefficient (Wildman–Crippen LogP) is 3.64. The SMILES string of the molecule is O=C(c1c(I)cccc1I)C(F)(F)F. The van der Waals surface area contributed by atoms with E-state index in [4.69, 9.17) is 0 Å². The van der Waals surface area contributed by atoms with Crippen LogP contribution in [0, 0.1) is 7.14 Å². The van der Waals surface area contributed by atoms with Crippen molar-refractivity contribution < 1.29 is 18.0 Å².